The van der Waals surface area contributed by atoms with Gasteiger partial charge >= 0.3 is 29.8 Å². The number of ether oxygens (including phenoxy) is 13. The van der Waals surface area contributed by atoms with Gasteiger partial charge in [-0.05, 0) is 225 Å². The van der Waals surface area contributed by atoms with Crippen molar-refractivity contribution in [3.05, 3.63) is 276 Å². The van der Waals surface area contributed by atoms with Crippen LogP contribution in [0.4, 0.5) is 23.2 Å². The minimum absolute atomic E-state index is 0.0198. The molecule has 2 fully saturated rings. The number of hydrogen-bond acceptors (Lipinski definition) is 27. The van der Waals surface area contributed by atoms with Gasteiger partial charge in [-0.15, -0.1) is 0 Å². The van der Waals surface area contributed by atoms with Crippen molar-refractivity contribution < 1.29 is 103 Å². The highest BCUT2D eigenvalue weighted by Gasteiger charge is 2.33. The second kappa shape index (κ2) is 51.8. The van der Waals surface area contributed by atoms with E-state index in [9.17, 15) is 55.9 Å². The Labute approximate surface area is 786 Å². The van der Waals surface area contributed by atoms with Crippen molar-refractivity contribution in [1.82, 2.24) is 39.1 Å². The van der Waals surface area contributed by atoms with Crippen molar-refractivity contribution in [1.29, 1.82) is 0 Å². The Bertz CT molecular complexity index is 6210. The van der Waals surface area contributed by atoms with E-state index in [1.165, 1.54) is 94.6 Å². The molecule has 0 aliphatic carbocycles. The Morgan fingerprint density at radius 2 is 0.843 bits per heavy atom. The highest BCUT2D eigenvalue weighted by Crippen LogP contribution is 2.40. The van der Waals surface area contributed by atoms with Crippen LogP contribution < -0.4 is 75.4 Å². The number of aryl methyl sites for hydroxylation is 1. The zero-order valence-corrected chi connectivity index (χ0v) is 80.1. The maximum atomic E-state index is 14.0. The Hall–Kier alpha value is -13.9. The van der Waals surface area contributed by atoms with Gasteiger partial charge in [0.15, 0.2) is 51.6 Å². The van der Waals surface area contributed by atoms with E-state index in [-0.39, 0.29) is 56.0 Å². The molecule has 0 radical (unpaired) electrons. The fourth-order valence-electron chi connectivity index (χ4n) is 12.9. The first-order chi connectivity index (χ1) is 63.8. The lowest BCUT2D eigenvalue weighted by molar-refractivity contribution is -0.152. The normalized spacial score (nSPS) is 11.8. The van der Waals surface area contributed by atoms with E-state index in [4.69, 9.17) is 63.7 Å². The number of rotatable bonds is 18. The van der Waals surface area contributed by atoms with Crippen LogP contribution in [0.25, 0.3) is 55.0 Å². The predicted octanol–water partition coefficient (Wildman–Crippen LogP) is 15.7. The van der Waals surface area contributed by atoms with Gasteiger partial charge in [0, 0.05) is 112 Å². The maximum Gasteiger partial charge on any atom is 0.346 e. The molecule has 4 aromatic carbocycles. The smallest absolute Gasteiger partial charge is 0.346 e. The van der Waals surface area contributed by atoms with E-state index in [0.29, 0.717) is 67.2 Å². The molecule has 714 valence electrons. The molecule has 30 nitrogen and oxygen atoms in total. The Morgan fingerprint density at radius 1 is 0.425 bits per heavy atom. The van der Waals surface area contributed by atoms with Crippen molar-refractivity contribution in [2.75, 3.05) is 135 Å². The number of nitrogens with one attached hydrogen (secondary N) is 3. The summed E-state index contributed by atoms with van der Waals surface area (Å²) in [5.74, 6) is -1.45. The van der Waals surface area contributed by atoms with Crippen LogP contribution in [0.15, 0.2) is 213 Å². The van der Waals surface area contributed by atoms with Crippen LogP contribution in [-0.2, 0) is 44.5 Å². The first-order valence-corrected chi connectivity index (χ1v) is 42.6. The summed E-state index contributed by atoms with van der Waals surface area (Å²) in [6.45, 7) is 22.3. The summed E-state index contributed by atoms with van der Waals surface area (Å²) in [5, 5.41) is 9.69. The Balaban J connectivity index is 0.000000221. The highest BCUT2D eigenvalue weighted by atomic mass is 79.9. The third kappa shape index (κ3) is 30.9. The van der Waals surface area contributed by atoms with E-state index in [1.54, 1.807) is 114 Å². The second-order valence-electron chi connectivity index (χ2n) is 30.5. The SMILES string of the molecule is C1CNCCN1.CC(=O)OC(C)(C)C.CCc1ccc(F)cn1.COC(=O)C(C(=O)OC)=C(Cl)c1ccc(OC)c(OC)c1.COC(=O)c1c(-c2ccc(OC)c(OC)c2)c(C(=O)OC(C)(C)C)c2ccc(F)cn2c1=O.COc1ccc(-c2cc(=O)n3cc(F)ccc3c2)cc1OC.COc1ccc(-c2cc(=O)n3cc(N4CCNCC4)ccc3c2)cc1OC.Fc1ccc(Br)nc1. The van der Waals surface area contributed by atoms with Crippen LogP contribution >= 0.6 is 27.5 Å². The first kappa shape index (κ1) is 107. The van der Waals surface area contributed by atoms with Gasteiger partial charge in [-0.1, -0.05) is 36.7 Å². The minimum Gasteiger partial charge on any atom is -0.493 e. The summed E-state index contributed by atoms with van der Waals surface area (Å²) in [4.78, 5) is 108. The van der Waals surface area contributed by atoms with E-state index in [1.807, 2.05) is 76.4 Å². The number of pyridine rings is 8. The minimum atomic E-state index is -0.992. The molecular formula is C98H109BrClF4N9O21. The number of carbonyl (C=O) groups is 5. The molecule has 0 amide bonds. The largest absolute Gasteiger partial charge is 0.493 e. The monoisotopic (exact) mass is 1940 g/mol. The summed E-state index contributed by atoms with van der Waals surface area (Å²) in [6.07, 6.45) is 7.26. The number of benzene rings is 4. The molecule has 2 aliphatic rings. The average Bonchev–Trinajstić information content (AvgIpc) is 0.733. The van der Waals surface area contributed by atoms with Gasteiger partial charge < -0.3 is 82.4 Å². The quantitative estimate of drug-likeness (QED) is 0.0137. The number of piperazine rings is 2. The second-order valence-corrected chi connectivity index (χ2v) is 31.7. The molecule has 36 heteroatoms. The number of aromatic nitrogens is 5. The number of esters is 5. The number of carbonyl (C=O) groups excluding carboxylic acids is 5. The third-order valence-electron chi connectivity index (χ3n) is 19.1. The molecule has 0 saturated carbocycles. The zero-order valence-electron chi connectivity index (χ0n) is 77.8. The lowest BCUT2D eigenvalue weighted by Gasteiger charge is -2.29. The molecule has 8 aromatic heterocycles. The molecule has 0 atom stereocenters. The lowest BCUT2D eigenvalue weighted by atomic mass is 9.93. The molecule has 10 heterocycles. The first-order valence-electron chi connectivity index (χ1n) is 41.4. The maximum absolute atomic E-state index is 14.0. The molecule has 0 unspecified atom stereocenters. The lowest BCUT2D eigenvalue weighted by Crippen LogP contribution is -2.43. The molecule has 14 rings (SSSR count). The summed E-state index contributed by atoms with van der Waals surface area (Å²) >= 11 is 9.19. The van der Waals surface area contributed by atoms with Gasteiger partial charge in [-0.25, -0.2) is 41.7 Å². The van der Waals surface area contributed by atoms with Crippen LogP contribution in [0.2, 0.25) is 0 Å². The summed E-state index contributed by atoms with van der Waals surface area (Å²) in [6, 6.07) is 42.8. The van der Waals surface area contributed by atoms with Gasteiger partial charge in [0.2, 0.25) is 0 Å². The summed E-state index contributed by atoms with van der Waals surface area (Å²) < 4.78 is 122. The fraction of sp³-hybridized carbons (Fsp3) is 0.306. The van der Waals surface area contributed by atoms with Gasteiger partial charge in [0.05, 0.1) is 112 Å². The number of anilines is 1. The van der Waals surface area contributed by atoms with Crippen molar-refractivity contribution >= 4 is 84.6 Å². The molecule has 2 aliphatic heterocycles. The molecular weight excluding hydrogens is 1830 g/mol. The fourth-order valence-corrected chi connectivity index (χ4v) is 13.4. The van der Waals surface area contributed by atoms with E-state index < -0.39 is 57.8 Å². The summed E-state index contributed by atoms with van der Waals surface area (Å²) in [7, 11) is 15.6. The third-order valence-corrected chi connectivity index (χ3v) is 20.0. The number of halogens is 6. The number of nitrogens with zero attached hydrogens (tertiary/aromatic N) is 6. The van der Waals surface area contributed by atoms with Crippen LogP contribution in [0, 0.1) is 23.3 Å². The van der Waals surface area contributed by atoms with Crippen molar-refractivity contribution in [2.24, 2.45) is 0 Å². The molecule has 0 bridgehead atoms. The van der Waals surface area contributed by atoms with Crippen molar-refractivity contribution in [3.8, 4) is 79.4 Å². The number of fused-ring (bicyclic) bond motifs is 3. The van der Waals surface area contributed by atoms with Crippen LogP contribution in [0.5, 0.6) is 46.0 Å². The van der Waals surface area contributed by atoms with E-state index >= 15 is 0 Å². The molecule has 3 N–H and O–H groups in total. The standard InChI is InChI=1S/C24H24FNO7.C21H23N3O3.C17H14FNO3.C14H15ClO6.C7H8FN.C6H12O2.C5H3BrFN.C4H10N2/c1-24(2,3)33-23(29)19-15-9-8-14(25)12-26(15)21(27)20(22(28)32-6)18(19)13-7-10-16(30-4)17(11-13)31-5;1-26-19-6-3-15(12-20(19)27-2)16-11-17-4-5-18(14-24(17)21(25)13-16)23-9-7-22-8-10-23;1-21-15-6-3-11(8-16(15)22-2)12-7-14-5-4-13(18)10-19(14)17(20)9-12;1-18-9-6-5-8(7-10(9)19-2)12(15)11(13(16)20-3)14(17)21-4;1-2-7-4-3-6(8)5-9-7;1-5(7)8-6(2,3)4;6-5-2-1-4(7)3-8-5;1-2-6-4-3-5-1/h7-12H,1-6H3;3-6,11-14,22H,7-10H2,1-2H3;3-10H,1-2H3;5-7H,1-4H3;3-5H,2H2,1H3;1-4H3;1-3H;5-6H,1-4H2. The Kier molecular flexibility index (Phi) is 41.4. The van der Waals surface area contributed by atoms with Crippen LogP contribution in [-0.4, -0.2) is 195 Å². The van der Waals surface area contributed by atoms with Crippen LogP contribution in [0.3, 0.4) is 0 Å². The summed E-state index contributed by atoms with van der Waals surface area (Å²) in [5.41, 5.74) is 4.21. The topological polar surface area (TPSA) is 335 Å². The molecule has 134 heavy (non-hydrogen) atoms. The van der Waals surface area contributed by atoms with Crippen molar-refractivity contribution in [2.45, 2.75) is 73.0 Å². The van der Waals surface area contributed by atoms with E-state index in [0.717, 1.165) is 142 Å². The number of hydrogen-bond donors (Lipinski definition) is 3. The van der Waals surface area contributed by atoms with Gasteiger partial charge in [0.25, 0.3) is 16.7 Å². The molecule has 0 spiro atoms. The molecule has 2 saturated heterocycles. The van der Waals surface area contributed by atoms with Gasteiger partial charge in [0.1, 0.15) is 44.6 Å². The highest BCUT2D eigenvalue weighted by molar-refractivity contribution is 9.10. The number of methoxy groups -OCH3 is 11. The van der Waals surface area contributed by atoms with E-state index in [2.05, 4.69) is 62.3 Å². The average molecular weight is 1940 g/mol. The zero-order chi connectivity index (χ0) is 98.7. The van der Waals surface area contributed by atoms with Crippen LogP contribution in [0.1, 0.15) is 87.4 Å². The van der Waals surface area contributed by atoms with Gasteiger partial charge in [-0.2, -0.15) is 0 Å². The van der Waals surface area contributed by atoms with Gasteiger partial charge in [-0.3, -0.25) is 37.4 Å². The van der Waals surface area contributed by atoms with Crippen molar-refractivity contribution in [3.63, 3.8) is 0 Å². The predicted molar refractivity (Wildman–Crippen MR) is 507 cm³/mol. The molecule has 12 aromatic rings. The Morgan fingerprint density at radius 3 is 1.25 bits per heavy atom.